The number of likely N-dealkylation sites (N-methyl/N-ethyl adjacent to an activating group) is 1. The zero-order valence-corrected chi connectivity index (χ0v) is 19.1. The molecule has 1 aliphatic carbocycles. The van der Waals surface area contributed by atoms with Gasteiger partial charge in [0.25, 0.3) is 5.91 Å². The lowest BCUT2D eigenvalue weighted by atomic mass is 10.1. The molecule has 27 heavy (non-hydrogen) atoms. The van der Waals surface area contributed by atoms with Gasteiger partial charge >= 0.3 is 0 Å². The molecule has 0 atom stereocenters. The Morgan fingerprint density at radius 3 is 2.67 bits per heavy atom. The summed E-state index contributed by atoms with van der Waals surface area (Å²) in [5, 5.41) is 9.35. The van der Waals surface area contributed by atoms with Crippen LogP contribution in [0.5, 0.6) is 0 Å². The highest BCUT2D eigenvalue weighted by Gasteiger charge is 2.27. The van der Waals surface area contributed by atoms with Crippen molar-refractivity contribution in [1.82, 2.24) is 20.9 Å². The van der Waals surface area contributed by atoms with Gasteiger partial charge in [0.2, 0.25) is 0 Å². The molecule has 1 saturated carbocycles. The number of guanidine groups is 1. The highest BCUT2D eigenvalue weighted by atomic mass is 127. The first kappa shape index (κ1) is 23.7. The minimum atomic E-state index is -0.0501. The Labute approximate surface area is 180 Å². The third-order valence-electron chi connectivity index (χ3n) is 4.59. The van der Waals surface area contributed by atoms with Crippen LogP contribution in [0.3, 0.4) is 0 Å². The summed E-state index contributed by atoms with van der Waals surface area (Å²) in [6.07, 6.45) is 3.52. The van der Waals surface area contributed by atoms with Crippen LogP contribution in [0.25, 0.3) is 0 Å². The number of hydrogen-bond acceptors (Lipinski definition) is 3. The van der Waals surface area contributed by atoms with Crippen LogP contribution in [0, 0.1) is 0 Å². The number of aliphatic imine (C=N–C) groups is 1. The summed E-state index contributed by atoms with van der Waals surface area (Å²) in [7, 11) is 1.65. The van der Waals surface area contributed by atoms with E-state index in [2.05, 4.69) is 34.7 Å². The van der Waals surface area contributed by atoms with Crippen LogP contribution in [0.1, 0.15) is 42.6 Å². The number of carbonyl (C=O) groups is 1. The lowest BCUT2D eigenvalue weighted by Crippen LogP contribution is -2.39. The zero-order valence-electron chi connectivity index (χ0n) is 16.8. The SMILES string of the molecule is CCNC(=NCCN(CC)C1CC1)NCCc1cccc(C(=O)NC)c1.I. The van der Waals surface area contributed by atoms with Crippen molar-refractivity contribution >= 4 is 35.8 Å². The molecule has 0 aromatic heterocycles. The normalized spacial score (nSPS) is 13.9. The van der Waals surface area contributed by atoms with Gasteiger partial charge in [0, 0.05) is 38.3 Å². The van der Waals surface area contributed by atoms with Gasteiger partial charge in [-0.2, -0.15) is 0 Å². The summed E-state index contributed by atoms with van der Waals surface area (Å²) in [6.45, 7) is 8.86. The molecule has 1 aromatic rings. The highest BCUT2D eigenvalue weighted by Crippen LogP contribution is 2.25. The van der Waals surface area contributed by atoms with Crippen LogP contribution in [-0.2, 0) is 6.42 Å². The minimum Gasteiger partial charge on any atom is -0.357 e. The molecule has 6 nitrogen and oxygen atoms in total. The highest BCUT2D eigenvalue weighted by molar-refractivity contribution is 14.0. The maximum absolute atomic E-state index is 11.7. The molecule has 1 amide bonds. The van der Waals surface area contributed by atoms with Crippen molar-refractivity contribution in [3.63, 3.8) is 0 Å². The predicted molar refractivity (Wildman–Crippen MR) is 123 cm³/mol. The van der Waals surface area contributed by atoms with E-state index in [1.54, 1.807) is 7.05 Å². The molecule has 7 heteroatoms. The molecule has 0 bridgehead atoms. The van der Waals surface area contributed by atoms with Crippen molar-refractivity contribution in [2.24, 2.45) is 4.99 Å². The van der Waals surface area contributed by atoms with Gasteiger partial charge in [0.15, 0.2) is 5.96 Å². The van der Waals surface area contributed by atoms with Crippen molar-refractivity contribution in [3.8, 4) is 0 Å². The Kier molecular flexibility index (Phi) is 11.3. The Bertz CT molecular complexity index is 604. The predicted octanol–water partition coefficient (Wildman–Crippen LogP) is 2.25. The molecule has 0 spiro atoms. The van der Waals surface area contributed by atoms with Crippen LogP contribution in [0.15, 0.2) is 29.3 Å². The molecular formula is C20H34IN5O. The van der Waals surface area contributed by atoms with E-state index in [-0.39, 0.29) is 29.9 Å². The number of hydrogen-bond donors (Lipinski definition) is 3. The second-order valence-electron chi connectivity index (χ2n) is 6.58. The standard InChI is InChI=1S/C20H33N5O.HI/c1-4-22-20(24-13-14-25(5-2)18-9-10-18)23-12-11-16-7-6-8-17(15-16)19(26)21-3;/h6-8,15,18H,4-5,9-14H2,1-3H3,(H,21,26)(H2,22,23,24);1H. The Morgan fingerprint density at radius 2 is 2.04 bits per heavy atom. The number of halogens is 1. The summed E-state index contributed by atoms with van der Waals surface area (Å²) in [4.78, 5) is 18.9. The molecule has 2 rings (SSSR count). The van der Waals surface area contributed by atoms with Gasteiger partial charge in [-0.1, -0.05) is 19.1 Å². The second kappa shape index (κ2) is 12.9. The molecule has 0 saturated heterocycles. The van der Waals surface area contributed by atoms with E-state index in [1.165, 1.54) is 12.8 Å². The lowest BCUT2D eigenvalue weighted by Gasteiger charge is -2.19. The summed E-state index contributed by atoms with van der Waals surface area (Å²) in [6, 6.07) is 8.54. The Morgan fingerprint density at radius 1 is 1.26 bits per heavy atom. The molecule has 1 aliphatic rings. The van der Waals surface area contributed by atoms with E-state index in [1.807, 2.05) is 24.3 Å². The van der Waals surface area contributed by atoms with Crippen LogP contribution in [0.4, 0.5) is 0 Å². The summed E-state index contributed by atoms with van der Waals surface area (Å²) in [5.41, 5.74) is 1.84. The van der Waals surface area contributed by atoms with Crippen molar-refractivity contribution < 1.29 is 4.79 Å². The molecule has 1 aromatic carbocycles. The fourth-order valence-corrected chi connectivity index (χ4v) is 3.01. The van der Waals surface area contributed by atoms with Crippen molar-refractivity contribution in [3.05, 3.63) is 35.4 Å². The van der Waals surface area contributed by atoms with Crippen molar-refractivity contribution in [2.45, 2.75) is 39.2 Å². The fourth-order valence-electron chi connectivity index (χ4n) is 3.01. The largest absolute Gasteiger partial charge is 0.357 e. The fraction of sp³-hybridized carbons (Fsp3) is 0.600. The average molecular weight is 487 g/mol. The maximum Gasteiger partial charge on any atom is 0.251 e. The first-order valence-corrected chi connectivity index (χ1v) is 9.75. The van der Waals surface area contributed by atoms with Crippen LogP contribution in [-0.4, -0.2) is 62.6 Å². The van der Waals surface area contributed by atoms with Gasteiger partial charge in [-0.05, 0) is 50.4 Å². The first-order chi connectivity index (χ1) is 12.7. The van der Waals surface area contributed by atoms with Crippen LogP contribution >= 0.6 is 24.0 Å². The topological polar surface area (TPSA) is 68.8 Å². The summed E-state index contributed by atoms with van der Waals surface area (Å²) >= 11 is 0. The van der Waals surface area contributed by atoms with Crippen molar-refractivity contribution in [1.29, 1.82) is 0 Å². The van der Waals surface area contributed by atoms with E-state index >= 15 is 0 Å². The summed E-state index contributed by atoms with van der Waals surface area (Å²) in [5.74, 6) is 0.813. The van der Waals surface area contributed by atoms with Gasteiger partial charge in [0.1, 0.15) is 0 Å². The Balaban J connectivity index is 0.00000364. The molecule has 152 valence electrons. The lowest BCUT2D eigenvalue weighted by molar-refractivity contribution is 0.0963. The molecule has 0 unspecified atom stereocenters. The number of amides is 1. The van der Waals surface area contributed by atoms with Gasteiger partial charge < -0.3 is 16.0 Å². The minimum absolute atomic E-state index is 0. The van der Waals surface area contributed by atoms with Gasteiger partial charge in [0.05, 0.1) is 6.54 Å². The average Bonchev–Trinajstić information content (AvgIpc) is 3.50. The van der Waals surface area contributed by atoms with Crippen LogP contribution in [0.2, 0.25) is 0 Å². The Hall–Kier alpha value is -1.35. The van der Waals surface area contributed by atoms with Crippen LogP contribution < -0.4 is 16.0 Å². The molecule has 0 aliphatic heterocycles. The number of nitrogens with zero attached hydrogens (tertiary/aromatic N) is 2. The summed E-state index contributed by atoms with van der Waals surface area (Å²) < 4.78 is 0. The third kappa shape index (κ3) is 8.47. The zero-order chi connectivity index (χ0) is 18.8. The third-order valence-corrected chi connectivity index (χ3v) is 4.59. The molecule has 1 fully saturated rings. The van der Waals surface area contributed by atoms with E-state index in [0.29, 0.717) is 5.56 Å². The van der Waals surface area contributed by atoms with Gasteiger partial charge in [-0.25, -0.2) is 0 Å². The quantitative estimate of drug-likeness (QED) is 0.269. The van der Waals surface area contributed by atoms with E-state index < -0.39 is 0 Å². The number of benzene rings is 1. The van der Waals surface area contributed by atoms with Gasteiger partial charge in [-0.15, -0.1) is 24.0 Å². The molecule has 3 N–H and O–H groups in total. The van der Waals surface area contributed by atoms with E-state index in [4.69, 9.17) is 4.99 Å². The monoisotopic (exact) mass is 487 g/mol. The maximum atomic E-state index is 11.7. The molecule has 0 heterocycles. The molecule has 0 radical (unpaired) electrons. The van der Waals surface area contributed by atoms with Crippen molar-refractivity contribution in [2.75, 3.05) is 39.8 Å². The number of carbonyl (C=O) groups excluding carboxylic acids is 1. The second-order valence-corrected chi connectivity index (χ2v) is 6.58. The smallest absolute Gasteiger partial charge is 0.251 e. The van der Waals surface area contributed by atoms with E-state index in [0.717, 1.165) is 56.7 Å². The first-order valence-electron chi connectivity index (χ1n) is 9.75. The van der Waals surface area contributed by atoms with Gasteiger partial charge in [-0.3, -0.25) is 14.7 Å². The molecular weight excluding hydrogens is 453 g/mol. The number of nitrogens with one attached hydrogen (secondary N) is 3. The number of rotatable bonds is 10. The van der Waals surface area contributed by atoms with E-state index in [9.17, 15) is 4.79 Å².